The van der Waals surface area contributed by atoms with Gasteiger partial charge in [0.1, 0.15) is 5.75 Å². The van der Waals surface area contributed by atoms with Gasteiger partial charge in [0, 0.05) is 6.54 Å². The second-order valence-corrected chi connectivity index (χ2v) is 6.60. The number of rotatable bonds is 5. The van der Waals surface area contributed by atoms with Crippen LogP contribution in [-0.4, -0.2) is 14.8 Å². The van der Waals surface area contributed by atoms with Crippen LogP contribution in [0.4, 0.5) is 13.2 Å². The molecule has 0 spiro atoms. The average Bonchev–Trinajstić information content (AvgIpc) is 2.46. The SMILES string of the molecule is Cc1ccc(CNS(=O)(=O)c2ccc(OC(F)(F)F)cc2)cc1. The molecule has 2 aromatic rings. The molecule has 23 heavy (non-hydrogen) atoms. The monoisotopic (exact) mass is 345 g/mol. The molecule has 0 radical (unpaired) electrons. The maximum atomic E-state index is 12.1. The summed E-state index contributed by atoms with van der Waals surface area (Å²) < 4.78 is 66.5. The van der Waals surface area contributed by atoms with Crippen LogP contribution in [0.25, 0.3) is 0 Å². The fraction of sp³-hybridized carbons (Fsp3) is 0.200. The van der Waals surface area contributed by atoms with Crippen molar-refractivity contribution in [2.24, 2.45) is 0 Å². The van der Waals surface area contributed by atoms with Crippen molar-refractivity contribution in [2.45, 2.75) is 24.7 Å². The van der Waals surface area contributed by atoms with Crippen LogP contribution in [0, 0.1) is 6.92 Å². The van der Waals surface area contributed by atoms with Crippen LogP contribution in [0.15, 0.2) is 53.4 Å². The van der Waals surface area contributed by atoms with Gasteiger partial charge in [-0.15, -0.1) is 13.2 Å². The van der Waals surface area contributed by atoms with E-state index >= 15 is 0 Å². The second-order valence-electron chi connectivity index (χ2n) is 4.83. The zero-order chi connectivity index (χ0) is 17.1. The predicted molar refractivity (Wildman–Crippen MR) is 78.3 cm³/mol. The Bertz CT molecular complexity index is 754. The summed E-state index contributed by atoms with van der Waals surface area (Å²) in [6.45, 7) is 2.00. The van der Waals surface area contributed by atoms with E-state index in [9.17, 15) is 21.6 Å². The lowest BCUT2D eigenvalue weighted by Gasteiger charge is -2.10. The summed E-state index contributed by atoms with van der Waals surface area (Å²) in [6.07, 6.45) is -4.82. The van der Waals surface area contributed by atoms with Gasteiger partial charge in [0.2, 0.25) is 10.0 Å². The first-order chi connectivity index (χ1) is 10.7. The van der Waals surface area contributed by atoms with Crippen molar-refractivity contribution in [3.63, 3.8) is 0 Å². The van der Waals surface area contributed by atoms with Crippen LogP contribution >= 0.6 is 0 Å². The molecule has 0 aliphatic rings. The van der Waals surface area contributed by atoms with E-state index in [4.69, 9.17) is 0 Å². The third kappa shape index (κ3) is 5.26. The van der Waals surface area contributed by atoms with Crippen molar-refractivity contribution in [3.05, 3.63) is 59.7 Å². The topological polar surface area (TPSA) is 55.4 Å². The Morgan fingerprint density at radius 2 is 1.57 bits per heavy atom. The van der Waals surface area contributed by atoms with Gasteiger partial charge in [0.05, 0.1) is 4.90 Å². The van der Waals surface area contributed by atoms with E-state index in [-0.39, 0.29) is 11.4 Å². The number of nitrogens with one attached hydrogen (secondary N) is 1. The summed E-state index contributed by atoms with van der Waals surface area (Å²) in [6, 6.07) is 11.3. The van der Waals surface area contributed by atoms with E-state index in [1.165, 1.54) is 0 Å². The molecule has 0 saturated heterocycles. The molecular weight excluding hydrogens is 331 g/mol. The maximum Gasteiger partial charge on any atom is 0.573 e. The number of hydrogen-bond acceptors (Lipinski definition) is 3. The number of sulfonamides is 1. The van der Waals surface area contributed by atoms with E-state index in [0.717, 1.165) is 35.4 Å². The standard InChI is InChI=1S/C15H14F3NO3S/c1-11-2-4-12(5-3-11)10-19-23(20,21)14-8-6-13(7-9-14)22-15(16,17)18/h2-9,19H,10H2,1H3. The van der Waals surface area contributed by atoms with Crippen LogP contribution < -0.4 is 9.46 Å². The highest BCUT2D eigenvalue weighted by Gasteiger charge is 2.31. The van der Waals surface area contributed by atoms with Gasteiger partial charge in [-0.25, -0.2) is 13.1 Å². The molecule has 124 valence electrons. The summed E-state index contributed by atoms with van der Waals surface area (Å²) in [7, 11) is -3.82. The van der Waals surface area contributed by atoms with Gasteiger partial charge < -0.3 is 4.74 Å². The molecule has 0 aliphatic heterocycles. The first kappa shape index (κ1) is 17.3. The third-order valence-electron chi connectivity index (χ3n) is 2.95. The highest BCUT2D eigenvalue weighted by molar-refractivity contribution is 7.89. The van der Waals surface area contributed by atoms with Gasteiger partial charge in [0.25, 0.3) is 0 Å². The minimum Gasteiger partial charge on any atom is -0.406 e. The maximum absolute atomic E-state index is 12.1. The molecule has 0 bridgehead atoms. The van der Waals surface area contributed by atoms with Gasteiger partial charge >= 0.3 is 6.36 Å². The summed E-state index contributed by atoms with van der Waals surface area (Å²) in [5.41, 5.74) is 1.83. The van der Waals surface area contributed by atoms with Gasteiger partial charge in [-0.1, -0.05) is 29.8 Å². The van der Waals surface area contributed by atoms with Crippen LogP contribution in [0.5, 0.6) is 5.75 Å². The molecule has 2 rings (SSSR count). The number of hydrogen-bond donors (Lipinski definition) is 1. The lowest BCUT2D eigenvalue weighted by Crippen LogP contribution is -2.23. The van der Waals surface area contributed by atoms with Gasteiger partial charge in [-0.2, -0.15) is 0 Å². The van der Waals surface area contributed by atoms with Crippen LogP contribution in [0.2, 0.25) is 0 Å². The minimum absolute atomic E-state index is 0.0867. The fourth-order valence-electron chi connectivity index (χ4n) is 1.79. The van der Waals surface area contributed by atoms with E-state index in [2.05, 4.69) is 9.46 Å². The largest absolute Gasteiger partial charge is 0.573 e. The zero-order valence-electron chi connectivity index (χ0n) is 12.1. The Morgan fingerprint density at radius 1 is 1.00 bits per heavy atom. The fourth-order valence-corrected chi connectivity index (χ4v) is 2.81. The lowest BCUT2D eigenvalue weighted by atomic mass is 10.2. The van der Waals surface area contributed by atoms with Crippen LogP contribution in [0.3, 0.4) is 0 Å². The molecule has 0 unspecified atom stereocenters. The highest BCUT2D eigenvalue weighted by atomic mass is 32.2. The molecule has 1 N–H and O–H groups in total. The Kier molecular flexibility index (Phi) is 4.96. The Balaban J connectivity index is 2.05. The van der Waals surface area contributed by atoms with Crippen molar-refractivity contribution in [3.8, 4) is 5.75 Å². The molecule has 2 aromatic carbocycles. The summed E-state index contributed by atoms with van der Waals surface area (Å²) in [5.74, 6) is -0.477. The van der Waals surface area contributed by atoms with E-state index in [1.54, 1.807) is 12.1 Å². The van der Waals surface area contributed by atoms with Crippen molar-refractivity contribution >= 4 is 10.0 Å². The second kappa shape index (κ2) is 6.59. The number of benzene rings is 2. The van der Waals surface area contributed by atoms with Gasteiger partial charge in [0.15, 0.2) is 0 Å². The smallest absolute Gasteiger partial charge is 0.406 e. The molecule has 0 atom stereocenters. The summed E-state index contributed by atoms with van der Waals surface area (Å²) in [5, 5.41) is 0. The Morgan fingerprint density at radius 3 is 2.09 bits per heavy atom. The van der Waals surface area contributed by atoms with Crippen molar-refractivity contribution in [1.29, 1.82) is 0 Å². The lowest BCUT2D eigenvalue weighted by molar-refractivity contribution is -0.274. The van der Waals surface area contributed by atoms with Crippen molar-refractivity contribution < 1.29 is 26.3 Å². The number of halogens is 3. The molecule has 0 aliphatic carbocycles. The van der Waals surface area contributed by atoms with Crippen LogP contribution in [0.1, 0.15) is 11.1 Å². The van der Waals surface area contributed by atoms with Crippen molar-refractivity contribution in [2.75, 3.05) is 0 Å². The molecule has 8 heteroatoms. The molecule has 0 saturated carbocycles. The quantitative estimate of drug-likeness (QED) is 0.904. The van der Waals surface area contributed by atoms with E-state index in [0.29, 0.717) is 0 Å². The molecule has 4 nitrogen and oxygen atoms in total. The van der Waals surface area contributed by atoms with Crippen molar-refractivity contribution in [1.82, 2.24) is 4.72 Å². The van der Waals surface area contributed by atoms with Gasteiger partial charge in [-0.3, -0.25) is 0 Å². The third-order valence-corrected chi connectivity index (χ3v) is 4.37. The first-order valence-corrected chi connectivity index (χ1v) is 8.05. The molecule has 0 fully saturated rings. The predicted octanol–water partition coefficient (Wildman–Crippen LogP) is 3.37. The number of ether oxygens (including phenoxy) is 1. The molecule has 0 aromatic heterocycles. The Labute approximate surface area is 132 Å². The minimum atomic E-state index is -4.82. The van der Waals surface area contributed by atoms with Crippen LogP contribution in [-0.2, 0) is 16.6 Å². The summed E-state index contributed by atoms with van der Waals surface area (Å²) in [4.78, 5) is -0.140. The number of aryl methyl sites for hydroxylation is 1. The number of alkyl halides is 3. The first-order valence-electron chi connectivity index (χ1n) is 6.57. The zero-order valence-corrected chi connectivity index (χ0v) is 12.9. The van der Waals surface area contributed by atoms with E-state index in [1.807, 2.05) is 19.1 Å². The highest BCUT2D eigenvalue weighted by Crippen LogP contribution is 2.23. The van der Waals surface area contributed by atoms with Gasteiger partial charge in [-0.05, 0) is 36.8 Å². The van der Waals surface area contributed by atoms with E-state index < -0.39 is 22.1 Å². The summed E-state index contributed by atoms with van der Waals surface area (Å²) >= 11 is 0. The molecule has 0 amide bonds. The average molecular weight is 345 g/mol. The molecular formula is C15H14F3NO3S. The Hall–Kier alpha value is -2.06. The normalized spacial score (nSPS) is 12.2. The molecule has 0 heterocycles.